The fourth-order valence-electron chi connectivity index (χ4n) is 1.87. The van der Waals surface area contributed by atoms with Gasteiger partial charge in [0.05, 0.1) is 6.61 Å². The van der Waals surface area contributed by atoms with Gasteiger partial charge in [-0.05, 0) is 24.3 Å². The van der Waals surface area contributed by atoms with Gasteiger partial charge in [0.15, 0.2) is 0 Å². The number of amides is 1. The van der Waals surface area contributed by atoms with Gasteiger partial charge >= 0.3 is 0 Å². The average Bonchev–Trinajstić information content (AvgIpc) is 2.31. The molecule has 0 spiro atoms. The van der Waals surface area contributed by atoms with E-state index in [-0.39, 0.29) is 24.4 Å². The van der Waals surface area contributed by atoms with E-state index in [1.165, 1.54) is 0 Å². The van der Waals surface area contributed by atoms with Gasteiger partial charge in [0.25, 0.3) is 5.91 Å². The Morgan fingerprint density at radius 1 is 1.38 bits per heavy atom. The van der Waals surface area contributed by atoms with Crippen LogP contribution in [0, 0.1) is 0 Å². The molecule has 94 valence electrons. The summed E-state index contributed by atoms with van der Waals surface area (Å²) in [6.45, 7) is 2.13. The van der Waals surface area contributed by atoms with E-state index < -0.39 is 0 Å². The molecule has 2 saturated heterocycles. The zero-order valence-corrected chi connectivity index (χ0v) is 10.9. The number of hydrogen-bond donors (Lipinski definition) is 2. The van der Waals surface area contributed by atoms with E-state index in [1.54, 1.807) is 0 Å². The maximum Gasteiger partial charge on any atom is 0.250 e. The summed E-state index contributed by atoms with van der Waals surface area (Å²) in [5.74, 6) is 2.38. The maximum absolute atomic E-state index is 11.8. The highest BCUT2D eigenvalue weighted by Gasteiger charge is 2.24. The van der Waals surface area contributed by atoms with Crippen LogP contribution in [0.4, 0.5) is 0 Å². The molecule has 2 rings (SSSR count). The average molecular weight is 267 g/mol. The zero-order valence-electron chi connectivity index (χ0n) is 9.24. The van der Waals surface area contributed by atoms with Crippen LogP contribution >= 0.6 is 24.2 Å². The van der Waals surface area contributed by atoms with Crippen LogP contribution < -0.4 is 10.6 Å². The van der Waals surface area contributed by atoms with Crippen molar-refractivity contribution in [1.29, 1.82) is 0 Å². The molecule has 0 bridgehead atoms. The lowest BCUT2D eigenvalue weighted by molar-refractivity contribution is -0.135. The number of nitrogens with one attached hydrogen (secondary N) is 2. The summed E-state index contributed by atoms with van der Waals surface area (Å²) in [5, 5.41) is 6.23. The molecular formula is C10H19ClN2O2S. The second-order valence-corrected chi connectivity index (χ2v) is 5.18. The van der Waals surface area contributed by atoms with Crippen molar-refractivity contribution in [2.24, 2.45) is 0 Å². The highest BCUT2D eigenvalue weighted by molar-refractivity contribution is 7.99. The van der Waals surface area contributed by atoms with Gasteiger partial charge in [0.1, 0.15) is 6.10 Å². The van der Waals surface area contributed by atoms with Crippen LogP contribution in [0.1, 0.15) is 12.8 Å². The molecule has 0 unspecified atom stereocenters. The molecule has 4 nitrogen and oxygen atoms in total. The fraction of sp³-hybridized carbons (Fsp3) is 0.900. The molecule has 0 aromatic heterocycles. The summed E-state index contributed by atoms with van der Waals surface area (Å²) in [6.07, 6.45) is 1.90. The minimum Gasteiger partial charge on any atom is -0.366 e. The normalized spacial score (nSPS) is 26.9. The number of ether oxygens (including phenoxy) is 1. The second-order valence-electron chi connectivity index (χ2n) is 3.96. The largest absolute Gasteiger partial charge is 0.366 e. The first-order valence-electron chi connectivity index (χ1n) is 5.57. The minimum atomic E-state index is -0.284. The van der Waals surface area contributed by atoms with Crippen molar-refractivity contribution in [2.45, 2.75) is 25.0 Å². The van der Waals surface area contributed by atoms with E-state index in [9.17, 15) is 4.79 Å². The molecule has 0 aromatic rings. The molecule has 0 radical (unpaired) electrons. The Balaban J connectivity index is 0.00000128. The van der Waals surface area contributed by atoms with Gasteiger partial charge in [-0.3, -0.25) is 4.79 Å². The first-order valence-corrected chi connectivity index (χ1v) is 6.72. The highest BCUT2D eigenvalue weighted by atomic mass is 35.5. The Kier molecular flexibility index (Phi) is 6.49. The summed E-state index contributed by atoms with van der Waals surface area (Å²) >= 11 is 1.97. The number of halogens is 1. The topological polar surface area (TPSA) is 50.4 Å². The zero-order chi connectivity index (χ0) is 10.5. The summed E-state index contributed by atoms with van der Waals surface area (Å²) < 4.78 is 5.40. The maximum atomic E-state index is 11.8. The van der Waals surface area contributed by atoms with Crippen LogP contribution in [0.2, 0.25) is 0 Å². The number of morpholine rings is 1. The van der Waals surface area contributed by atoms with E-state index in [0.29, 0.717) is 19.2 Å². The predicted octanol–water partition coefficient (Wildman–Crippen LogP) is 0.408. The lowest BCUT2D eigenvalue weighted by atomic mass is 10.1. The number of thioether (sulfide) groups is 1. The third-order valence-corrected chi connectivity index (χ3v) is 3.84. The second kappa shape index (κ2) is 7.37. The van der Waals surface area contributed by atoms with Gasteiger partial charge in [-0.2, -0.15) is 11.8 Å². The summed E-state index contributed by atoms with van der Waals surface area (Å²) in [7, 11) is 0. The van der Waals surface area contributed by atoms with Crippen LogP contribution in [-0.2, 0) is 9.53 Å². The SMILES string of the molecule is Cl.O=C(NC1CCSCC1)[C@H]1CNCCO1. The molecule has 2 heterocycles. The minimum absolute atomic E-state index is 0. The van der Waals surface area contributed by atoms with E-state index in [2.05, 4.69) is 10.6 Å². The Morgan fingerprint density at radius 2 is 2.12 bits per heavy atom. The van der Waals surface area contributed by atoms with E-state index in [4.69, 9.17) is 4.74 Å². The van der Waals surface area contributed by atoms with Crippen LogP contribution in [0.25, 0.3) is 0 Å². The molecule has 2 aliphatic heterocycles. The van der Waals surface area contributed by atoms with Gasteiger partial charge in [0, 0.05) is 19.1 Å². The Bertz CT molecular complexity index is 219. The third-order valence-electron chi connectivity index (χ3n) is 2.79. The molecule has 2 N–H and O–H groups in total. The fourth-order valence-corrected chi connectivity index (χ4v) is 2.98. The molecule has 2 fully saturated rings. The van der Waals surface area contributed by atoms with Crippen LogP contribution in [0.3, 0.4) is 0 Å². The first kappa shape index (κ1) is 14.1. The van der Waals surface area contributed by atoms with Crippen LogP contribution in [0.5, 0.6) is 0 Å². The number of carbonyl (C=O) groups excluding carboxylic acids is 1. The molecule has 0 aliphatic carbocycles. The number of hydrogen-bond acceptors (Lipinski definition) is 4. The number of rotatable bonds is 2. The van der Waals surface area contributed by atoms with E-state index in [1.807, 2.05) is 11.8 Å². The lowest BCUT2D eigenvalue weighted by Crippen LogP contribution is -2.50. The molecule has 0 saturated carbocycles. The quantitative estimate of drug-likeness (QED) is 0.760. The van der Waals surface area contributed by atoms with Crippen molar-refractivity contribution in [3.8, 4) is 0 Å². The van der Waals surface area contributed by atoms with Crippen LogP contribution in [-0.4, -0.2) is 49.3 Å². The monoisotopic (exact) mass is 266 g/mol. The van der Waals surface area contributed by atoms with Crippen molar-refractivity contribution in [3.63, 3.8) is 0 Å². The molecule has 2 aliphatic rings. The molecule has 1 atom stereocenters. The van der Waals surface area contributed by atoms with Gasteiger partial charge < -0.3 is 15.4 Å². The molecule has 16 heavy (non-hydrogen) atoms. The van der Waals surface area contributed by atoms with E-state index >= 15 is 0 Å². The van der Waals surface area contributed by atoms with Gasteiger partial charge in [-0.15, -0.1) is 12.4 Å². The Labute approximate surface area is 107 Å². The smallest absolute Gasteiger partial charge is 0.250 e. The van der Waals surface area contributed by atoms with Crippen LogP contribution in [0.15, 0.2) is 0 Å². The standard InChI is InChI=1S/C10H18N2O2S.ClH/c13-10(9-7-11-3-4-14-9)12-8-1-5-15-6-2-8;/h8-9,11H,1-7H2,(H,12,13);1H/t9-;/m1./s1. The number of carbonyl (C=O) groups is 1. The first-order chi connectivity index (χ1) is 7.36. The van der Waals surface area contributed by atoms with Gasteiger partial charge in [-0.25, -0.2) is 0 Å². The summed E-state index contributed by atoms with van der Waals surface area (Å²) in [4.78, 5) is 11.8. The third kappa shape index (κ3) is 4.13. The van der Waals surface area contributed by atoms with E-state index in [0.717, 1.165) is 30.9 Å². The van der Waals surface area contributed by atoms with Crippen molar-refractivity contribution < 1.29 is 9.53 Å². The Hall–Kier alpha value is 0.0300. The molecule has 1 amide bonds. The molecular weight excluding hydrogens is 248 g/mol. The van der Waals surface area contributed by atoms with Crippen molar-refractivity contribution in [3.05, 3.63) is 0 Å². The van der Waals surface area contributed by atoms with Crippen molar-refractivity contribution in [2.75, 3.05) is 31.2 Å². The Morgan fingerprint density at radius 3 is 2.75 bits per heavy atom. The van der Waals surface area contributed by atoms with Gasteiger partial charge in [0.2, 0.25) is 0 Å². The van der Waals surface area contributed by atoms with Gasteiger partial charge in [-0.1, -0.05) is 0 Å². The molecule has 6 heteroatoms. The summed E-state index contributed by atoms with van der Waals surface area (Å²) in [5.41, 5.74) is 0. The van der Waals surface area contributed by atoms with Crippen molar-refractivity contribution in [1.82, 2.24) is 10.6 Å². The van der Waals surface area contributed by atoms with Crippen molar-refractivity contribution >= 4 is 30.1 Å². The lowest BCUT2D eigenvalue weighted by Gasteiger charge is -2.27. The highest BCUT2D eigenvalue weighted by Crippen LogP contribution is 2.17. The molecule has 0 aromatic carbocycles. The summed E-state index contributed by atoms with van der Waals surface area (Å²) in [6, 6.07) is 0.365. The predicted molar refractivity (Wildman–Crippen MR) is 68.3 cm³/mol.